The molecule has 1 aliphatic rings. The molecule has 1 amide bonds. The molecule has 21 heavy (non-hydrogen) atoms. The molecule has 0 saturated carbocycles. The number of nitrogens with one attached hydrogen (secondary N) is 1. The van der Waals surface area contributed by atoms with Crippen molar-refractivity contribution in [3.05, 3.63) is 35.4 Å². The predicted molar refractivity (Wildman–Crippen MR) is 93.5 cm³/mol. The van der Waals surface area contributed by atoms with Crippen LogP contribution in [0.5, 0.6) is 0 Å². The van der Waals surface area contributed by atoms with Crippen LogP contribution in [0.3, 0.4) is 0 Å². The van der Waals surface area contributed by atoms with Crippen molar-refractivity contribution in [2.75, 3.05) is 25.9 Å². The molecule has 5 heteroatoms. The molecule has 3 nitrogen and oxygen atoms in total. The summed E-state index contributed by atoms with van der Waals surface area (Å²) in [5, 5.41) is 3.34. The number of nitrogens with zero attached hydrogens (tertiary/aromatic N) is 1. The van der Waals surface area contributed by atoms with E-state index in [1.165, 1.54) is 5.56 Å². The number of halogens is 1. The van der Waals surface area contributed by atoms with Gasteiger partial charge in [0.15, 0.2) is 0 Å². The van der Waals surface area contributed by atoms with Crippen molar-refractivity contribution in [1.29, 1.82) is 0 Å². The van der Waals surface area contributed by atoms with E-state index in [0.29, 0.717) is 6.04 Å². The fourth-order valence-electron chi connectivity index (χ4n) is 2.53. The minimum absolute atomic E-state index is 0. The monoisotopic (exact) mass is 328 g/mol. The summed E-state index contributed by atoms with van der Waals surface area (Å²) >= 11 is 1.90. The van der Waals surface area contributed by atoms with Crippen molar-refractivity contribution in [2.45, 2.75) is 31.6 Å². The molecule has 0 atom stereocenters. The van der Waals surface area contributed by atoms with E-state index in [1.54, 1.807) is 0 Å². The van der Waals surface area contributed by atoms with Crippen LogP contribution in [-0.4, -0.2) is 42.7 Å². The zero-order chi connectivity index (χ0) is 14.4. The maximum Gasteiger partial charge on any atom is 0.253 e. The number of carbonyl (C=O) groups excluding carboxylic acids is 1. The maximum atomic E-state index is 12.5. The van der Waals surface area contributed by atoms with E-state index in [0.717, 1.165) is 43.0 Å². The fraction of sp³-hybridized carbons (Fsp3) is 0.562. The molecular formula is C16H25ClN2OS. The van der Waals surface area contributed by atoms with Crippen molar-refractivity contribution >= 4 is 30.1 Å². The number of benzene rings is 1. The number of amides is 1. The third-order valence-electron chi connectivity index (χ3n) is 3.85. The quantitative estimate of drug-likeness (QED) is 0.901. The molecule has 1 aromatic carbocycles. The van der Waals surface area contributed by atoms with Gasteiger partial charge in [-0.05, 0) is 49.4 Å². The van der Waals surface area contributed by atoms with Crippen molar-refractivity contribution in [2.24, 2.45) is 0 Å². The van der Waals surface area contributed by atoms with Crippen LogP contribution >= 0.6 is 24.2 Å². The standard InChI is InChI=1S/C16H24N2OS.ClH/c1-3-20-12-13-4-6-14(7-5-13)16(19)18(2)15-8-10-17-11-9-15;/h4-7,15,17H,3,8-12H2,1-2H3;1H. The molecule has 1 heterocycles. The molecule has 0 unspecified atom stereocenters. The van der Waals surface area contributed by atoms with Crippen molar-refractivity contribution in [3.8, 4) is 0 Å². The molecule has 1 aliphatic heterocycles. The minimum atomic E-state index is 0. The number of rotatable bonds is 5. The molecule has 1 fully saturated rings. The highest BCUT2D eigenvalue weighted by Crippen LogP contribution is 2.16. The zero-order valence-electron chi connectivity index (χ0n) is 12.8. The van der Waals surface area contributed by atoms with Gasteiger partial charge < -0.3 is 10.2 Å². The summed E-state index contributed by atoms with van der Waals surface area (Å²) in [6.07, 6.45) is 2.10. The highest BCUT2D eigenvalue weighted by Gasteiger charge is 2.22. The molecule has 1 aromatic rings. The maximum absolute atomic E-state index is 12.5. The topological polar surface area (TPSA) is 32.3 Å². The molecule has 1 saturated heterocycles. The van der Waals surface area contributed by atoms with Crippen LogP contribution in [0.25, 0.3) is 0 Å². The number of carbonyl (C=O) groups is 1. The number of hydrogen-bond acceptors (Lipinski definition) is 3. The molecule has 118 valence electrons. The number of piperidine rings is 1. The second-order valence-electron chi connectivity index (χ2n) is 5.23. The van der Waals surface area contributed by atoms with Gasteiger partial charge in [0.05, 0.1) is 0 Å². The molecule has 1 N–H and O–H groups in total. The van der Waals surface area contributed by atoms with Gasteiger partial charge >= 0.3 is 0 Å². The van der Waals surface area contributed by atoms with E-state index >= 15 is 0 Å². The number of thioether (sulfide) groups is 1. The first-order valence-corrected chi connectivity index (χ1v) is 8.52. The van der Waals surface area contributed by atoms with E-state index < -0.39 is 0 Å². The average molecular weight is 329 g/mol. The first-order chi connectivity index (χ1) is 9.72. The van der Waals surface area contributed by atoms with Crippen molar-refractivity contribution in [1.82, 2.24) is 10.2 Å². The summed E-state index contributed by atoms with van der Waals surface area (Å²) < 4.78 is 0. The van der Waals surface area contributed by atoms with Crippen LogP contribution in [-0.2, 0) is 5.75 Å². The molecular weight excluding hydrogens is 304 g/mol. The Hall–Kier alpha value is -0.710. The zero-order valence-corrected chi connectivity index (χ0v) is 14.4. The van der Waals surface area contributed by atoms with Gasteiger partial charge in [-0.1, -0.05) is 19.1 Å². The summed E-state index contributed by atoms with van der Waals surface area (Å²) in [5.74, 6) is 2.29. The van der Waals surface area contributed by atoms with Crippen LogP contribution in [0.2, 0.25) is 0 Å². The van der Waals surface area contributed by atoms with Gasteiger partial charge in [-0.25, -0.2) is 0 Å². The Labute approximate surface area is 138 Å². The lowest BCUT2D eigenvalue weighted by atomic mass is 10.0. The van der Waals surface area contributed by atoms with Gasteiger partial charge in [0, 0.05) is 24.4 Å². The van der Waals surface area contributed by atoms with Gasteiger partial charge in [0.2, 0.25) is 0 Å². The largest absolute Gasteiger partial charge is 0.339 e. The Morgan fingerprint density at radius 1 is 1.29 bits per heavy atom. The van der Waals surface area contributed by atoms with Crippen LogP contribution in [0.15, 0.2) is 24.3 Å². The van der Waals surface area contributed by atoms with Crippen LogP contribution in [0.4, 0.5) is 0 Å². The lowest BCUT2D eigenvalue weighted by Crippen LogP contribution is -2.43. The summed E-state index contributed by atoms with van der Waals surface area (Å²) in [5.41, 5.74) is 2.09. The Morgan fingerprint density at radius 2 is 1.90 bits per heavy atom. The molecule has 0 spiro atoms. The van der Waals surface area contributed by atoms with E-state index in [4.69, 9.17) is 0 Å². The lowest BCUT2D eigenvalue weighted by molar-refractivity contribution is 0.0703. The van der Waals surface area contributed by atoms with Crippen LogP contribution in [0, 0.1) is 0 Å². The smallest absolute Gasteiger partial charge is 0.253 e. The third kappa shape index (κ3) is 5.20. The van der Waals surface area contributed by atoms with Gasteiger partial charge in [0.1, 0.15) is 0 Å². The molecule has 0 aliphatic carbocycles. The van der Waals surface area contributed by atoms with Gasteiger partial charge in [-0.3, -0.25) is 4.79 Å². The average Bonchev–Trinajstić information content (AvgIpc) is 2.53. The second kappa shape index (κ2) is 9.34. The molecule has 0 bridgehead atoms. The lowest BCUT2D eigenvalue weighted by Gasteiger charge is -2.31. The Kier molecular flexibility index (Phi) is 8.15. The van der Waals surface area contributed by atoms with E-state index in [-0.39, 0.29) is 18.3 Å². The first-order valence-electron chi connectivity index (χ1n) is 7.37. The highest BCUT2D eigenvalue weighted by molar-refractivity contribution is 7.98. The Morgan fingerprint density at radius 3 is 2.48 bits per heavy atom. The summed E-state index contributed by atoms with van der Waals surface area (Å²) in [7, 11) is 1.93. The molecule has 2 rings (SSSR count). The van der Waals surface area contributed by atoms with Crippen LogP contribution in [0.1, 0.15) is 35.7 Å². The van der Waals surface area contributed by atoms with Gasteiger partial charge in [0.25, 0.3) is 5.91 Å². The SMILES string of the molecule is CCSCc1ccc(C(=O)N(C)C2CCNCC2)cc1.Cl. The Bertz CT molecular complexity index is 432. The number of hydrogen-bond donors (Lipinski definition) is 1. The normalized spacial score (nSPS) is 15.3. The van der Waals surface area contributed by atoms with Gasteiger partial charge in [-0.2, -0.15) is 11.8 Å². The van der Waals surface area contributed by atoms with E-state index in [1.807, 2.05) is 35.8 Å². The van der Waals surface area contributed by atoms with Gasteiger partial charge in [-0.15, -0.1) is 12.4 Å². The summed E-state index contributed by atoms with van der Waals surface area (Å²) in [6.45, 7) is 4.18. The summed E-state index contributed by atoms with van der Waals surface area (Å²) in [6, 6.07) is 8.45. The van der Waals surface area contributed by atoms with E-state index in [9.17, 15) is 4.79 Å². The second-order valence-corrected chi connectivity index (χ2v) is 6.51. The Balaban J connectivity index is 0.00000220. The van der Waals surface area contributed by atoms with Crippen LogP contribution < -0.4 is 5.32 Å². The molecule has 0 radical (unpaired) electrons. The first kappa shape index (κ1) is 18.3. The molecule has 0 aromatic heterocycles. The van der Waals surface area contributed by atoms with Crippen molar-refractivity contribution < 1.29 is 4.79 Å². The minimum Gasteiger partial charge on any atom is -0.339 e. The fourth-order valence-corrected chi connectivity index (χ4v) is 3.16. The third-order valence-corrected chi connectivity index (χ3v) is 4.80. The summed E-state index contributed by atoms with van der Waals surface area (Å²) in [4.78, 5) is 14.4. The van der Waals surface area contributed by atoms with E-state index in [2.05, 4.69) is 24.4 Å². The van der Waals surface area contributed by atoms with Crippen molar-refractivity contribution in [3.63, 3.8) is 0 Å². The predicted octanol–water partition coefficient (Wildman–Crippen LogP) is 3.19. The highest BCUT2D eigenvalue weighted by atomic mass is 35.5.